The zero-order valence-electron chi connectivity index (χ0n) is 21.2. The summed E-state index contributed by atoms with van der Waals surface area (Å²) < 4.78 is 12.1. The minimum Gasteiger partial charge on any atom is -0.493 e. The standard InChI is InChI=1S/C29H32N4O3S/c1-35-23-13-14-24-26(27(23)36-2)31-29(37-24)33-19-17-32(18-20-33)16-15-30-28(34)25(21-9-5-3-6-10-21)22-11-7-4-8-12-22/h3-14,25H,15-20H2,1-2H3,(H,30,34). The molecule has 1 aliphatic rings. The van der Waals surface area contributed by atoms with Crippen LogP contribution in [0.25, 0.3) is 10.2 Å². The summed E-state index contributed by atoms with van der Waals surface area (Å²) >= 11 is 1.68. The van der Waals surface area contributed by atoms with Crippen molar-refractivity contribution in [1.29, 1.82) is 0 Å². The molecule has 7 nitrogen and oxygen atoms in total. The molecule has 2 heterocycles. The Bertz CT molecular complexity index is 1280. The summed E-state index contributed by atoms with van der Waals surface area (Å²) in [5.41, 5.74) is 2.85. The Morgan fingerprint density at radius 3 is 2.16 bits per heavy atom. The Morgan fingerprint density at radius 2 is 1.57 bits per heavy atom. The van der Waals surface area contributed by atoms with E-state index in [-0.39, 0.29) is 11.8 Å². The largest absolute Gasteiger partial charge is 0.493 e. The lowest BCUT2D eigenvalue weighted by Gasteiger charge is -2.34. The first-order valence-corrected chi connectivity index (χ1v) is 13.4. The highest BCUT2D eigenvalue weighted by atomic mass is 32.1. The molecule has 0 saturated carbocycles. The van der Waals surface area contributed by atoms with E-state index >= 15 is 0 Å². The first kappa shape index (κ1) is 25.0. The number of ether oxygens (including phenoxy) is 2. The Hall–Kier alpha value is -3.62. The summed E-state index contributed by atoms with van der Waals surface area (Å²) in [6, 6.07) is 23.9. The number of aromatic nitrogens is 1. The van der Waals surface area contributed by atoms with Crippen molar-refractivity contribution in [1.82, 2.24) is 15.2 Å². The lowest BCUT2D eigenvalue weighted by atomic mass is 9.90. The summed E-state index contributed by atoms with van der Waals surface area (Å²) in [5.74, 6) is 1.10. The number of amides is 1. The molecule has 0 spiro atoms. The Kier molecular flexibility index (Phi) is 7.87. The Balaban J connectivity index is 1.16. The molecule has 1 aromatic heterocycles. The number of hydrogen-bond donors (Lipinski definition) is 1. The molecule has 0 radical (unpaired) electrons. The second-order valence-electron chi connectivity index (χ2n) is 9.02. The first-order chi connectivity index (χ1) is 18.2. The number of carbonyl (C=O) groups is 1. The van der Waals surface area contributed by atoms with E-state index in [2.05, 4.69) is 15.1 Å². The number of benzene rings is 3. The summed E-state index contributed by atoms with van der Waals surface area (Å²) in [6.07, 6.45) is 0. The van der Waals surface area contributed by atoms with Crippen LogP contribution >= 0.6 is 11.3 Å². The molecular formula is C29H32N4O3S. The zero-order chi connectivity index (χ0) is 25.6. The molecule has 0 bridgehead atoms. The van der Waals surface area contributed by atoms with Crippen molar-refractivity contribution in [2.45, 2.75) is 5.92 Å². The van der Waals surface area contributed by atoms with E-state index in [9.17, 15) is 4.79 Å². The van der Waals surface area contributed by atoms with Gasteiger partial charge in [0.1, 0.15) is 5.52 Å². The summed E-state index contributed by atoms with van der Waals surface area (Å²) in [5, 5.41) is 4.18. The van der Waals surface area contributed by atoms with Gasteiger partial charge in [0.25, 0.3) is 0 Å². The number of piperazine rings is 1. The fourth-order valence-corrected chi connectivity index (χ4v) is 5.84. The number of methoxy groups -OCH3 is 2. The number of carbonyl (C=O) groups excluding carboxylic acids is 1. The Labute approximate surface area is 221 Å². The van der Waals surface area contributed by atoms with Crippen LogP contribution in [-0.2, 0) is 4.79 Å². The maximum atomic E-state index is 13.2. The number of nitrogens with one attached hydrogen (secondary N) is 1. The molecule has 5 rings (SSSR count). The van der Waals surface area contributed by atoms with Crippen LogP contribution < -0.4 is 19.7 Å². The predicted octanol–water partition coefficient (Wildman–Crippen LogP) is 4.38. The minimum absolute atomic E-state index is 0.0369. The van der Waals surface area contributed by atoms with E-state index in [1.807, 2.05) is 72.8 Å². The van der Waals surface area contributed by atoms with Crippen molar-refractivity contribution in [3.8, 4) is 11.5 Å². The molecule has 192 valence electrons. The first-order valence-electron chi connectivity index (χ1n) is 12.5. The van der Waals surface area contributed by atoms with Gasteiger partial charge in [0.15, 0.2) is 16.6 Å². The predicted molar refractivity (Wildman–Crippen MR) is 149 cm³/mol. The molecule has 4 aromatic rings. The SMILES string of the molecule is COc1ccc2sc(N3CCN(CCNC(=O)C(c4ccccc4)c4ccccc4)CC3)nc2c1OC. The van der Waals surface area contributed by atoms with Gasteiger partial charge in [0.05, 0.1) is 24.8 Å². The second-order valence-corrected chi connectivity index (χ2v) is 10.0. The summed E-state index contributed by atoms with van der Waals surface area (Å²) in [7, 11) is 3.29. The fraction of sp³-hybridized carbons (Fsp3) is 0.310. The molecule has 1 fully saturated rings. The van der Waals surface area contributed by atoms with Crippen molar-refractivity contribution < 1.29 is 14.3 Å². The average Bonchev–Trinajstić information content (AvgIpc) is 3.39. The minimum atomic E-state index is -0.311. The number of thiazole rings is 1. The number of rotatable bonds is 9. The van der Waals surface area contributed by atoms with Gasteiger partial charge in [-0.2, -0.15) is 0 Å². The molecular weight excluding hydrogens is 484 g/mol. The molecule has 0 aliphatic carbocycles. The average molecular weight is 517 g/mol. The molecule has 8 heteroatoms. The molecule has 1 amide bonds. The number of nitrogens with zero attached hydrogens (tertiary/aromatic N) is 3. The number of hydrogen-bond acceptors (Lipinski definition) is 7. The van der Waals surface area contributed by atoms with Crippen LogP contribution in [0.15, 0.2) is 72.8 Å². The van der Waals surface area contributed by atoms with E-state index < -0.39 is 0 Å². The van der Waals surface area contributed by atoms with Crippen molar-refractivity contribution in [3.05, 3.63) is 83.9 Å². The van der Waals surface area contributed by atoms with Crippen molar-refractivity contribution in [2.75, 3.05) is 58.4 Å². The van der Waals surface area contributed by atoms with Gasteiger partial charge >= 0.3 is 0 Å². The van der Waals surface area contributed by atoms with Gasteiger partial charge < -0.3 is 19.7 Å². The molecule has 3 aromatic carbocycles. The third kappa shape index (κ3) is 5.55. The van der Waals surface area contributed by atoms with E-state index in [1.165, 1.54) is 0 Å². The van der Waals surface area contributed by atoms with Gasteiger partial charge in [-0.3, -0.25) is 9.69 Å². The molecule has 1 N–H and O–H groups in total. The molecule has 1 aliphatic heterocycles. The molecule has 1 saturated heterocycles. The van der Waals surface area contributed by atoms with Crippen LogP contribution in [-0.4, -0.2) is 69.3 Å². The van der Waals surface area contributed by atoms with E-state index in [0.717, 1.165) is 59.2 Å². The van der Waals surface area contributed by atoms with Gasteiger partial charge in [-0.05, 0) is 23.3 Å². The second kappa shape index (κ2) is 11.6. The van der Waals surface area contributed by atoms with Gasteiger partial charge in [-0.1, -0.05) is 72.0 Å². The van der Waals surface area contributed by atoms with Gasteiger partial charge in [0.2, 0.25) is 5.91 Å². The van der Waals surface area contributed by atoms with Crippen LogP contribution in [0.5, 0.6) is 11.5 Å². The normalized spacial score (nSPS) is 14.2. The van der Waals surface area contributed by atoms with Crippen molar-refractivity contribution >= 4 is 32.6 Å². The van der Waals surface area contributed by atoms with E-state index in [4.69, 9.17) is 14.5 Å². The topological polar surface area (TPSA) is 66.9 Å². The quantitative estimate of drug-likeness (QED) is 0.356. The summed E-state index contributed by atoms with van der Waals surface area (Å²) in [6.45, 7) is 5.07. The highest BCUT2D eigenvalue weighted by Gasteiger charge is 2.24. The Morgan fingerprint density at radius 1 is 0.919 bits per heavy atom. The third-order valence-electron chi connectivity index (χ3n) is 6.79. The number of anilines is 1. The third-order valence-corrected chi connectivity index (χ3v) is 7.87. The lowest BCUT2D eigenvalue weighted by Crippen LogP contribution is -2.48. The lowest BCUT2D eigenvalue weighted by molar-refractivity contribution is -0.121. The van der Waals surface area contributed by atoms with Crippen LogP contribution in [0.2, 0.25) is 0 Å². The maximum absolute atomic E-state index is 13.2. The van der Waals surface area contributed by atoms with Crippen LogP contribution in [0.4, 0.5) is 5.13 Å². The number of fused-ring (bicyclic) bond motifs is 1. The van der Waals surface area contributed by atoms with Gasteiger partial charge in [-0.25, -0.2) is 4.98 Å². The zero-order valence-corrected chi connectivity index (χ0v) is 22.0. The van der Waals surface area contributed by atoms with Gasteiger partial charge in [-0.15, -0.1) is 0 Å². The monoisotopic (exact) mass is 516 g/mol. The molecule has 37 heavy (non-hydrogen) atoms. The molecule has 0 atom stereocenters. The van der Waals surface area contributed by atoms with E-state index in [1.54, 1.807) is 25.6 Å². The van der Waals surface area contributed by atoms with Crippen LogP contribution in [0, 0.1) is 0 Å². The van der Waals surface area contributed by atoms with E-state index in [0.29, 0.717) is 18.0 Å². The molecule has 0 unspecified atom stereocenters. The van der Waals surface area contributed by atoms with Gasteiger partial charge in [0, 0.05) is 39.3 Å². The summed E-state index contributed by atoms with van der Waals surface area (Å²) in [4.78, 5) is 22.8. The highest BCUT2D eigenvalue weighted by Crippen LogP contribution is 2.40. The van der Waals surface area contributed by atoms with Crippen LogP contribution in [0.3, 0.4) is 0 Å². The highest BCUT2D eigenvalue weighted by molar-refractivity contribution is 7.22. The van der Waals surface area contributed by atoms with Crippen molar-refractivity contribution in [2.24, 2.45) is 0 Å². The smallest absolute Gasteiger partial charge is 0.232 e. The van der Waals surface area contributed by atoms with Crippen molar-refractivity contribution in [3.63, 3.8) is 0 Å². The van der Waals surface area contributed by atoms with Crippen LogP contribution in [0.1, 0.15) is 17.0 Å². The fourth-order valence-electron chi connectivity index (χ4n) is 4.82. The maximum Gasteiger partial charge on any atom is 0.232 e.